The number of nitrogens with zero attached hydrogens (tertiary/aromatic N) is 3. The van der Waals surface area contributed by atoms with E-state index >= 15 is 0 Å². The fourth-order valence-electron chi connectivity index (χ4n) is 2.42. The molecule has 0 radical (unpaired) electrons. The highest BCUT2D eigenvalue weighted by Gasteiger charge is 2.32. The molecule has 0 bridgehead atoms. The molecule has 9 nitrogen and oxygen atoms in total. The number of aromatic nitrogens is 2. The van der Waals surface area contributed by atoms with E-state index in [-0.39, 0.29) is 24.0 Å². The zero-order valence-electron chi connectivity index (χ0n) is 13.3. The van der Waals surface area contributed by atoms with Crippen LogP contribution in [0, 0.1) is 0 Å². The molecule has 0 spiro atoms. The number of esters is 1. The van der Waals surface area contributed by atoms with Crippen LogP contribution in [-0.4, -0.2) is 40.4 Å². The maximum Gasteiger partial charge on any atom is 0.361 e. The molecule has 25 heavy (non-hydrogen) atoms. The predicted molar refractivity (Wildman–Crippen MR) is 88.7 cm³/mol. The van der Waals surface area contributed by atoms with Gasteiger partial charge in [0, 0.05) is 12.4 Å². The highest BCUT2D eigenvalue weighted by Crippen LogP contribution is 2.29. The molecule has 0 aliphatic carbocycles. The Morgan fingerprint density at radius 3 is 2.76 bits per heavy atom. The van der Waals surface area contributed by atoms with Crippen molar-refractivity contribution in [3.05, 3.63) is 42.4 Å². The molecule has 2 heterocycles. The molecular formula is C16H15N5O4. The second-order valence-electron chi connectivity index (χ2n) is 5.33. The molecule has 3 rings (SSSR count). The Bertz CT molecular complexity index is 854. The van der Waals surface area contributed by atoms with Gasteiger partial charge < -0.3 is 15.8 Å². The van der Waals surface area contributed by atoms with E-state index in [9.17, 15) is 14.4 Å². The van der Waals surface area contributed by atoms with Crippen LogP contribution in [0.1, 0.15) is 17.4 Å². The molecule has 2 amide bonds. The largest absolute Gasteiger partial charge is 0.448 e. The van der Waals surface area contributed by atoms with Gasteiger partial charge in [0.15, 0.2) is 17.6 Å². The lowest BCUT2D eigenvalue weighted by Crippen LogP contribution is -2.47. The van der Waals surface area contributed by atoms with E-state index in [0.29, 0.717) is 11.4 Å². The highest BCUT2D eigenvalue weighted by molar-refractivity contribution is 6.11. The number of benzene rings is 1. The third kappa shape index (κ3) is 3.25. The molecule has 0 fully saturated rings. The van der Waals surface area contributed by atoms with Crippen LogP contribution in [0.15, 0.2) is 36.7 Å². The molecule has 2 aromatic rings. The van der Waals surface area contributed by atoms with Gasteiger partial charge in [0.05, 0.1) is 11.4 Å². The van der Waals surface area contributed by atoms with Crippen LogP contribution in [0.3, 0.4) is 0 Å². The van der Waals surface area contributed by atoms with Crippen LogP contribution in [0.5, 0.6) is 0 Å². The topological polar surface area (TPSA) is 128 Å². The molecule has 0 saturated heterocycles. The average molecular weight is 341 g/mol. The summed E-state index contributed by atoms with van der Waals surface area (Å²) in [5.41, 5.74) is 6.46. The van der Waals surface area contributed by atoms with E-state index in [0.717, 1.165) is 0 Å². The number of hydrogen-bond donors (Lipinski definition) is 2. The summed E-state index contributed by atoms with van der Waals surface area (Å²) in [7, 11) is 0. The molecular weight excluding hydrogens is 326 g/mol. The average Bonchev–Trinajstić information content (AvgIpc) is 2.60. The number of hydrogen-bond acceptors (Lipinski definition) is 7. The second-order valence-corrected chi connectivity index (χ2v) is 5.33. The fourth-order valence-corrected chi connectivity index (χ4v) is 2.42. The first-order valence-electron chi connectivity index (χ1n) is 7.45. The Balaban J connectivity index is 1.78. The Kier molecular flexibility index (Phi) is 4.29. The van der Waals surface area contributed by atoms with E-state index in [4.69, 9.17) is 10.5 Å². The number of nitrogens with two attached hydrogens (primary N) is 1. The minimum atomic E-state index is -1.13. The number of nitrogens with one attached hydrogen (secondary N) is 1. The molecule has 0 unspecified atom stereocenters. The van der Waals surface area contributed by atoms with Crippen molar-refractivity contribution < 1.29 is 19.1 Å². The standard InChI is InChI=1S/C16H15N5O4/c1-9(25-16(24)13-14(17)19-7-6-18-13)15(23)21-8-12(22)20-10-4-2-3-5-11(10)21/h2-7,9H,8H2,1H3,(H2,17,19)(H,20,22)/t9-/m0/s1. The summed E-state index contributed by atoms with van der Waals surface area (Å²) in [5, 5.41) is 2.68. The lowest BCUT2D eigenvalue weighted by atomic mass is 10.1. The summed E-state index contributed by atoms with van der Waals surface area (Å²) >= 11 is 0. The first-order chi connectivity index (χ1) is 12.0. The van der Waals surface area contributed by atoms with Gasteiger partial charge in [-0.15, -0.1) is 0 Å². The first kappa shape index (κ1) is 16.4. The maximum absolute atomic E-state index is 12.7. The van der Waals surface area contributed by atoms with Crippen molar-refractivity contribution in [3.63, 3.8) is 0 Å². The number of ether oxygens (including phenoxy) is 1. The van der Waals surface area contributed by atoms with Gasteiger partial charge in [0.1, 0.15) is 6.54 Å². The van der Waals surface area contributed by atoms with Crippen LogP contribution < -0.4 is 16.0 Å². The highest BCUT2D eigenvalue weighted by atomic mass is 16.5. The zero-order chi connectivity index (χ0) is 18.0. The van der Waals surface area contributed by atoms with E-state index in [1.54, 1.807) is 24.3 Å². The van der Waals surface area contributed by atoms with Crippen molar-refractivity contribution in [3.8, 4) is 0 Å². The lowest BCUT2D eigenvalue weighted by molar-refractivity contribution is -0.128. The van der Waals surface area contributed by atoms with Crippen molar-refractivity contribution in [2.75, 3.05) is 22.5 Å². The van der Waals surface area contributed by atoms with Crippen LogP contribution in [-0.2, 0) is 14.3 Å². The third-order valence-electron chi connectivity index (χ3n) is 3.59. The number of amides is 2. The molecule has 1 aliphatic rings. The van der Waals surface area contributed by atoms with E-state index in [1.807, 2.05) is 0 Å². The first-order valence-corrected chi connectivity index (χ1v) is 7.45. The van der Waals surface area contributed by atoms with E-state index in [1.165, 1.54) is 24.2 Å². The minimum Gasteiger partial charge on any atom is -0.448 e. The quantitative estimate of drug-likeness (QED) is 0.782. The number of fused-ring (bicyclic) bond motifs is 1. The predicted octanol–water partition coefficient (Wildman–Crippen LogP) is 0.589. The summed E-state index contributed by atoms with van der Waals surface area (Å²) in [4.78, 5) is 45.4. The summed E-state index contributed by atoms with van der Waals surface area (Å²) in [6.45, 7) is 1.26. The van der Waals surface area contributed by atoms with Gasteiger partial charge in [-0.25, -0.2) is 14.8 Å². The van der Waals surface area contributed by atoms with Gasteiger partial charge in [0.25, 0.3) is 5.91 Å². The number of carbonyl (C=O) groups excluding carboxylic acids is 3. The number of anilines is 3. The van der Waals surface area contributed by atoms with Gasteiger partial charge >= 0.3 is 5.97 Å². The third-order valence-corrected chi connectivity index (χ3v) is 3.59. The van der Waals surface area contributed by atoms with E-state index in [2.05, 4.69) is 15.3 Å². The van der Waals surface area contributed by atoms with Gasteiger partial charge in [-0.05, 0) is 19.1 Å². The van der Waals surface area contributed by atoms with Crippen molar-refractivity contribution in [1.29, 1.82) is 0 Å². The molecule has 1 aliphatic heterocycles. The molecule has 1 aromatic carbocycles. The molecule has 9 heteroatoms. The van der Waals surface area contributed by atoms with Crippen molar-refractivity contribution in [2.24, 2.45) is 0 Å². The maximum atomic E-state index is 12.7. The van der Waals surface area contributed by atoms with E-state index < -0.39 is 18.0 Å². The summed E-state index contributed by atoms with van der Waals surface area (Å²) in [6, 6.07) is 6.87. The van der Waals surface area contributed by atoms with Crippen LogP contribution in [0.2, 0.25) is 0 Å². The van der Waals surface area contributed by atoms with Crippen LogP contribution >= 0.6 is 0 Å². The molecule has 0 saturated carbocycles. The molecule has 3 N–H and O–H groups in total. The van der Waals surface area contributed by atoms with Gasteiger partial charge in [-0.3, -0.25) is 14.5 Å². The molecule has 1 aromatic heterocycles. The van der Waals surface area contributed by atoms with Gasteiger partial charge in [-0.2, -0.15) is 0 Å². The van der Waals surface area contributed by atoms with Crippen LogP contribution in [0.25, 0.3) is 0 Å². The lowest BCUT2D eigenvalue weighted by Gasteiger charge is -2.30. The Hall–Kier alpha value is -3.49. The molecule has 128 valence electrons. The van der Waals surface area contributed by atoms with Crippen molar-refractivity contribution in [1.82, 2.24) is 9.97 Å². The number of carbonyl (C=O) groups is 3. The summed E-state index contributed by atoms with van der Waals surface area (Å²) < 4.78 is 5.14. The smallest absolute Gasteiger partial charge is 0.361 e. The minimum absolute atomic E-state index is 0.0881. The SMILES string of the molecule is C[C@H](OC(=O)c1nccnc1N)C(=O)N1CC(=O)Nc2ccccc21. The Morgan fingerprint density at radius 1 is 1.28 bits per heavy atom. The summed E-state index contributed by atoms with van der Waals surface area (Å²) in [5.74, 6) is -1.81. The zero-order valence-corrected chi connectivity index (χ0v) is 13.3. The Labute approximate surface area is 142 Å². The number of para-hydroxylation sites is 2. The van der Waals surface area contributed by atoms with Crippen LogP contribution in [0.4, 0.5) is 17.2 Å². The fraction of sp³-hybridized carbons (Fsp3) is 0.188. The number of nitrogen functional groups attached to an aromatic ring is 1. The normalized spacial score (nSPS) is 14.3. The van der Waals surface area contributed by atoms with Crippen molar-refractivity contribution >= 4 is 35.0 Å². The molecule has 1 atom stereocenters. The summed E-state index contributed by atoms with van der Waals surface area (Å²) in [6.07, 6.45) is 1.50. The van der Waals surface area contributed by atoms with Gasteiger partial charge in [0.2, 0.25) is 5.91 Å². The number of rotatable bonds is 3. The Morgan fingerprint density at radius 2 is 2.00 bits per heavy atom. The van der Waals surface area contributed by atoms with Crippen molar-refractivity contribution in [2.45, 2.75) is 13.0 Å². The van der Waals surface area contributed by atoms with Gasteiger partial charge in [-0.1, -0.05) is 12.1 Å². The second kappa shape index (κ2) is 6.56. The monoisotopic (exact) mass is 341 g/mol.